The summed E-state index contributed by atoms with van der Waals surface area (Å²) in [6.07, 6.45) is 2.43. The van der Waals surface area contributed by atoms with Crippen LogP contribution in [0.5, 0.6) is 5.75 Å². The van der Waals surface area contributed by atoms with Crippen molar-refractivity contribution in [2.24, 2.45) is 0 Å². The lowest BCUT2D eigenvalue weighted by Crippen LogP contribution is -2.37. The molecule has 2 aromatic rings. The van der Waals surface area contributed by atoms with E-state index in [-0.39, 0.29) is 6.61 Å². The van der Waals surface area contributed by atoms with Crippen LogP contribution in [0.4, 0.5) is 10.4 Å². The van der Waals surface area contributed by atoms with E-state index >= 15 is 0 Å². The minimum atomic E-state index is 0.256. The van der Waals surface area contributed by atoms with E-state index in [1.54, 1.807) is 6.07 Å². The minimum Gasteiger partial charge on any atom is -0.489 e. The van der Waals surface area contributed by atoms with Crippen molar-refractivity contribution in [3.8, 4) is 5.75 Å². The highest BCUT2D eigenvalue weighted by Gasteiger charge is 2.20. The van der Waals surface area contributed by atoms with Crippen LogP contribution >= 0.6 is 0 Å². The second-order valence-corrected chi connectivity index (χ2v) is 4.88. The van der Waals surface area contributed by atoms with Gasteiger partial charge >= 0.3 is 0 Å². The summed E-state index contributed by atoms with van der Waals surface area (Å²) in [6.45, 7) is 4.15. The van der Waals surface area contributed by atoms with E-state index in [1.165, 1.54) is 6.42 Å². The van der Waals surface area contributed by atoms with Gasteiger partial charge in [-0.1, -0.05) is 6.92 Å². The summed E-state index contributed by atoms with van der Waals surface area (Å²) in [4.78, 5) is 6.53. The maximum atomic E-state index is 12.5. The van der Waals surface area contributed by atoms with Crippen molar-refractivity contribution in [1.29, 1.82) is 0 Å². The molecule has 20 heavy (non-hydrogen) atoms. The maximum absolute atomic E-state index is 12.5. The fourth-order valence-electron chi connectivity index (χ4n) is 2.01. The number of fused-ring (bicyclic) bond motifs is 1. The predicted molar refractivity (Wildman–Crippen MR) is 75.8 cm³/mol. The van der Waals surface area contributed by atoms with Crippen molar-refractivity contribution in [3.63, 3.8) is 0 Å². The fraction of sp³-hybridized carbons (Fsp3) is 0.400. The van der Waals surface area contributed by atoms with Gasteiger partial charge in [0.25, 0.3) is 6.01 Å². The molecular formula is C15H17FN2O2. The lowest BCUT2D eigenvalue weighted by molar-refractivity contribution is 0.345. The van der Waals surface area contributed by atoms with E-state index in [4.69, 9.17) is 9.15 Å². The number of rotatable bonds is 5. The summed E-state index contributed by atoms with van der Waals surface area (Å²) < 4.78 is 23.8. The molecule has 0 spiro atoms. The van der Waals surface area contributed by atoms with Gasteiger partial charge in [0.1, 0.15) is 17.9 Å². The first kappa shape index (κ1) is 13.0. The monoisotopic (exact) mass is 276 g/mol. The molecule has 0 aliphatic carbocycles. The Hall–Kier alpha value is -2.04. The molecule has 0 N–H and O–H groups in total. The van der Waals surface area contributed by atoms with Crippen molar-refractivity contribution >= 4 is 17.1 Å². The highest BCUT2D eigenvalue weighted by atomic mass is 19.1. The lowest BCUT2D eigenvalue weighted by Gasteiger charge is -2.28. The standard InChI is InChI=1S/C15H17FN2O2/c1-2-11(9-16)10-19-12-4-5-13-14(8-12)20-15(17-13)18-6-3-7-18/h4-5,8-9H,2-3,6-7,10H2,1H3/b11-9+. The van der Waals surface area contributed by atoms with Crippen molar-refractivity contribution in [2.75, 3.05) is 24.6 Å². The Morgan fingerprint density at radius 1 is 1.50 bits per heavy atom. The number of anilines is 1. The van der Waals surface area contributed by atoms with Crippen LogP contribution in [0.25, 0.3) is 11.1 Å². The average Bonchev–Trinajstić information content (AvgIpc) is 2.80. The number of hydrogen-bond acceptors (Lipinski definition) is 4. The van der Waals surface area contributed by atoms with Crippen molar-refractivity contribution in [2.45, 2.75) is 19.8 Å². The van der Waals surface area contributed by atoms with Gasteiger partial charge in [-0.3, -0.25) is 0 Å². The molecule has 1 fully saturated rings. The fourth-order valence-corrected chi connectivity index (χ4v) is 2.01. The van der Waals surface area contributed by atoms with Crippen molar-refractivity contribution in [3.05, 3.63) is 30.1 Å². The van der Waals surface area contributed by atoms with Crippen LogP contribution in [0.15, 0.2) is 34.5 Å². The van der Waals surface area contributed by atoms with Gasteiger partial charge in [-0.15, -0.1) is 0 Å². The topological polar surface area (TPSA) is 38.5 Å². The van der Waals surface area contributed by atoms with Gasteiger partial charge in [-0.2, -0.15) is 4.98 Å². The molecule has 5 heteroatoms. The normalized spacial score (nSPS) is 15.5. The van der Waals surface area contributed by atoms with Crippen molar-refractivity contribution < 1.29 is 13.5 Å². The molecule has 3 rings (SSSR count). The Morgan fingerprint density at radius 2 is 2.35 bits per heavy atom. The molecule has 2 heterocycles. The summed E-state index contributed by atoms with van der Waals surface area (Å²) in [5, 5.41) is 0. The summed E-state index contributed by atoms with van der Waals surface area (Å²) >= 11 is 0. The number of hydrogen-bond donors (Lipinski definition) is 0. The van der Waals surface area contributed by atoms with Crippen molar-refractivity contribution in [1.82, 2.24) is 4.98 Å². The summed E-state index contributed by atoms with van der Waals surface area (Å²) in [7, 11) is 0. The second kappa shape index (κ2) is 5.53. The maximum Gasteiger partial charge on any atom is 0.298 e. The molecule has 0 bridgehead atoms. The van der Waals surface area contributed by atoms with Gasteiger partial charge in [0.05, 0.1) is 6.33 Å². The molecule has 0 radical (unpaired) electrons. The molecule has 1 aromatic heterocycles. The molecule has 0 saturated carbocycles. The Bertz CT molecular complexity index is 632. The van der Waals surface area contributed by atoms with E-state index in [0.717, 1.165) is 18.6 Å². The van der Waals surface area contributed by atoms with Crippen LogP contribution in [0.2, 0.25) is 0 Å². The molecule has 1 saturated heterocycles. The Kier molecular flexibility index (Phi) is 3.58. The lowest BCUT2D eigenvalue weighted by atomic mass is 10.2. The first-order chi connectivity index (χ1) is 9.80. The van der Waals surface area contributed by atoms with Gasteiger partial charge in [0, 0.05) is 19.2 Å². The first-order valence-electron chi connectivity index (χ1n) is 6.86. The van der Waals surface area contributed by atoms with E-state index in [1.807, 2.05) is 19.1 Å². The molecular weight excluding hydrogens is 259 g/mol. The highest BCUT2D eigenvalue weighted by Crippen LogP contribution is 2.28. The van der Waals surface area contributed by atoms with E-state index < -0.39 is 0 Å². The largest absolute Gasteiger partial charge is 0.489 e. The van der Waals surface area contributed by atoms with E-state index in [0.29, 0.717) is 35.7 Å². The number of benzene rings is 1. The third-order valence-electron chi connectivity index (χ3n) is 3.51. The Balaban J connectivity index is 1.76. The molecule has 1 aromatic carbocycles. The van der Waals surface area contributed by atoms with Gasteiger partial charge < -0.3 is 14.1 Å². The third-order valence-corrected chi connectivity index (χ3v) is 3.51. The summed E-state index contributed by atoms with van der Waals surface area (Å²) in [6, 6.07) is 6.16. The number of aromatic nitrogens is 1. The predicted octanol–water partition coefficient (Wildman–Crippen LogP) is 3.68. The second-order valence-electron chi connectivity index (χ2n) is 4.88. The molecule has 106 valence electrons. The first-order valence-corrected chi connectivity index (χ1v) is 6.86. The van der Waals surface area contributed by atoms with Gasteiger partial charge in [-0.05, 0) is 30.5 Å². The van der Waals surface area contributed by atoms with Gasteiger partial charge in [0.15, 0.2) is 5.58 Å². The summed E-state index contributed by atoms with van der Waals surface area (Å²) in [5.74, 6) is 0.664. The van der Waals surface area contributed by atoms with Crippen LogP contribution in [0, 0.1) is 0 Å². The zero-order chi connectivity index (χ0) is 13.9. The SMILES string of the molecule is CC/C(=C\F)COc1ccc2nc(N3CCC3)oc2c1. The quantitative estimate of drug-likeness (QED) is 0.835. The van der Waals surface area contributed by atoms with E-state index in [9.17, 15) is 4.39 Å². The third kappa shape index (κ3) is 2.48. The van der Waals surface area contributed by atoms with Crippen LogP contribution in [-0.2, 0) is 0 Å². The minimum absolute atomic E-state index is 0.256. The highest BCUT2D eigenvalue weighted by molar-refractivity contribution is 5.76. The zero-order valence-electron chi connectivity index (χ0n) is 11.4. The number of ether oxygens (including phenoxy) is 1. The number of nitrogens with zero attached hydrogens (tertiary/aromatic N) is 2. The summed E-state index contributed by atoms with van der Waals surface area (Å²) in [5.41, 5.74) is 2.15. The molecule has 0 atom stereocenters. The van der Waals surface area contributed by atoms with Crippen LogP contribution in [0.3, 0.4) is 0 Å². The van der Waals surface area contributed by atoms with Crippen LogP contribution in [0.1, 0.15) is 19.8 Å². The molecule has 4 nitrogen and oxygen atoms in total. The van der Waals surface area contributed by atoms with Crippen LogP contribution in [-0.4, -0.2) is 24.7 Å². The Morgan fingerprint density at radius 3 is 3.00 bits per heavy atom. The molecule has 1 aliphatic rings. The van der Waals surface area contributed by atoms with Gasteiger partial charge in [-0.25, -0.2) is 4.39 Å². The van der Waals surface area contributed by atoms with Gasteiger partial charge in [0.2, 0.25) is 0 Å². The molecule has 1 aliphatic heterocycles. The number of halogens is 1. The molecule has 0 amide bonds. The zero-order valence-corrected chi connectivity index (χ0v) is 11.4. The number of oxazole rings is 1. The molecule has 0 unspecified atom stereocenters. The Labute approximate surface area is 116 Å². The van der Waals surface area contributed by atoms with Crippen LogP contribution < -0.4 is 9.64 Å². The van der Waals surface area contributed by atoms with E-state index in [2.05, 4.69) is 9.88 Å². The smallest absolute Gasteiger partial charge is 0.298 e. The average molecular weight is 276 g/mol.